The number of phenolic OH excluding ortho intramolecular Hbond substituents is 1. The molecule has 5 aromatic rings. The Morgan fingerprint density at radius 2 is 1.58 bits per heavy atom. The first-order valence-corrected chi connectivity index (χ1v) is 20.9. The third-order valence-corrected chi connectivity index (χ3v) is 12.4. The molecule has 308 valence electrons. The SMILES string of the molecule is Cc1ncsc1-c1ccc([C@H](C)NC(=O)[C@@H]2C[C@@H](O)CN2C(=O)[C@@H](NC(=O)C2CCN(c3ccc(-c4cc(-c5ccccc5O)nnc4N)cc3)CC2)C(C)(C)C)cc1. The number of thiazole rings is 1. The van der Waals surface area contributed by atoms with Crippen molar-refractivity contribution in [3.63, 3.8) is 0 Å². The fourth-order valence-electron chi connectivity index (χ4n) is 7.98. The fraction of sp³-hybridized carbons (Fsp3) is 0.378. The second kappa shape index (κ2) is 17.2. The van der Waals surface area contributed by atoms with Crippen molar-refractivity contribution in [1.29, 1.82) is 0 Å². The average molecular weight is 817 g/mol. The zero-order chi connectivity index (χ0) is 42.0. The Bertz CT molecular complexity index is 2300. The van der Waals surface area contributed by atoms with Gasteiger partial charge in [-0.1, -0.05) is 69.3 Å². The van der Waals surface area contributed by atoms with Crippen molar-refractivity contribution in [2.75, 3.05) is 30.3 Å². The Balaban J connectivity index is 0.960. The number of hydrogen-bond donors (Lipinski definition) is 5. The van der Waals surface area contributed by atoms with Gasteiger partial charge in [-0.2, -0.15) is 0 Å². The minimum Gasteiger partial charge on any atom is -0.507 e. The number of nitrogens with zero attached hydrogens (tertiary/aromatic N) is 5. The molecular formula is C45H52N8O5S. The van der Waals surface area contributed by atoms with E-state index in [9.17, 15) is 24.6 Å². The number of carbonyl (C=O) groups excluding carboxylic acids is 3. The third-order valence-electron chi connectivity index (χ3n) is 11.5. The molecule has 0 bridgehead atoms. The number of piperidine rings is 1. The van der Waals surface area contributed by atoms with Gasteiger partial charge in [0.05, 0.1) is 33.9 Å². The number of nitrogen functional groups attached to an aromatic ring is 1. The van der Waals surface area contributed by atoms with Crippen molar-refractivity contribution in [3.8, 4) is 38.6 Å². The van der Waals surface area contributed by atoms with E-state index in [1.165, 1.54) is 4.90 Å². The quantitative estimate of drug-likeness (QED) is 0.110. The van der Waals surface area contributed by atoms with Crippen molar-refractivity contribution in [3.05, 3.63) is 95.6 Å². The number of aromatic nitrogens is 3. The highest BCUT2D eigenvalue weighted by atomic mass is 32.1. The lowest BCUT2D eigenvalue weighted by atomic mass is 9.84. The molecule has 4 atom stereocenters. The number of carbonyl (C=O) groups is 3. The summed E-state index contributed by atoms with van der Waals surface area (Å²) in [6.07, 6.45) is 0.450. The Hall–Kier alpha value is -5.86. The standard InChI is InChI=1S/C45H52N8O5S/c1-26(28-10-12-30(13-11-28)39-27(2)47-25-59-39)48-43(57)37-22-33(54)24-53(37)44(58)40(45(3,4)5)49-42(56)31-18-20-52(21-19-31)32-16-14-29(15-17-32)35-23-36(50-51-41(35)46)34-8-6-7-9-38(34)55/h6-17,23,25-26,31,33,37,40,54-55H,18-22,24H2,1-5H3,(H2,46,51)(H,48,57)(H,49,56)/t26-,33+,37-,40+/m0/s1. The van der Waals surface area contributed by atoms with Crippen LogP contribution in [0.15, 0.2) is 84.4 Å². The summed E-state index contributed by atoms with van der Waals surface area (Å²) in [7, 11) is 0. The summed E-state index contributed by atoms with van der Waals surface area (Å²) in [6.45, 7) is 10.9. The molecule has 0 radical (unpaired) electrons. The van der Waals surface area contributed by atoms with E-state index in [1.54, 1.807) is 29.5 Å². The van der Waals surface area contributed by atoms with Crippen LogP contribution in [0, 0.1) is 18.3 Å². The highest BCUT2D eigenvalue weighted by Gasteiger charge is 2.45. The van der Waals surface area contributed by atoms with Gasteiger partial charge >= 0.3 is 0 Å². The van der Waals surface area contributed by atoms with Gasteiger partial charge in [-0.15, -0.1) is 21.5 Å². The molecular weight excluding hydrogens is 765 g/mol. The molecule has 4 heterocycles. The molecule has 14 heteroatoms. The highest BCUT2D eigenvalue weighted by molar-refractivity contribution is 7.13. The van der Waals surface area contributed by atoms with Gasteiger partial charge in [0.1, 0.15) is 17.8 Å². The number of likely N-dealkylation sites (tertiary alicyclic amines) is 1. The Labute approximate surface area is 348 Å². The van der Waals surface area contributed by atoms with Gasteiger partial charge in [-0.05, 0) is 79.1 Å². The largest absolute Gasteiger partial charge is 0.507 e. The lowest BCUT2D eigenvalue weighted by Gasteiger charge is -2.38. The van der Waals surface area contributed by atoms with Gasteiger partial charge in [0.15, 0.2) is 5.82 Å². The number of nitrogens with two attached hydrogens (primary N) is 1. The molecule has 3 aromatic carbocycles. The summed E-state index contributed by atoms with van der Waals surface area (Å²) in [4.78, 5) is 50.9. The van der Waals surface area contributed by atoms with Crippen LogP contribution < -0.4 is 21.3 Å². The maximum Gasteiger partial charge on any atom is 0.246 e. The molecule has 2 aliphatic rings. The van der Waals surface area contributed by atoms with Crippen molar-refractivity contribution in [2.24, 2.45) is 11.3 Å². The average Bonchev–Trinajstić information content (AvgIpc) is 3.85. The molecule has 0 spiro atoms. The van der Waals surface area contributed by atoms with E-state index >= 15 is 0 Å². The van der Waals surface area contributed by atoms with E-state index in [0.717, 1.165) is 32.9 Å². The lowest BCUT2D eigenvalue weighted by Crippen LogP contribution is -2.59. The predicted molar refractivity (Wildman–Crippen MR) is 230 cm³/mol. The number of anilines is 2. The van der Waals surface area contributed by atoms with Crippen molar-refractivity contribution < 1.29 is 24.6 Å². The molecule has 13 nitrogen and oxygen atoms in total. The van der Waals surface area contributed by atoms with Crippen LogP contribution in [0.2, 0.25) is 0 Å². The molecule has 0 unspecified atom stereocenters. The number of aliphatic hydroxyl groups excluding tert-OH is 1. The first-order chi connectivity index (χ1) is 28.2. The number of hydrogen-bond acceptors (Lipinski definition) is 11. The number of β-amino-alcohol motifs (C(OH)–C–C–N with tert-alkyl or cyclic N) is 1. The summed E-state index contributed by atoms with van der Waals surface area (Å²) >= 11 is 1.58. The smallest absolute Gasteiger partial charge is 0.246 e. The number of aryl methyl sites for hydroxylation is 1. The normalized spacial score (nSPS) is 18.3. The lowest BCUT2D eigenvalue weighted by molar-refractivity contribution is -0.144. The van der Waals surface area contributed by atoms with Gasteiger partial charge in [-0.25, -0.2) is 4.98 Å². The minimum atomic E-state index is -0.900. The van der Waals surface area contributed by atoms with Crippen LogP contribution in [0.25, 0.3) is 32.8 Å². The zero-order valence-corrected chi connectivity index (χ0v) is 34.9. The number of amides is 3. The molecule has 2 aromatic heterocycles. The van der Waals surface area contributed by atoms with Crippen LogP contribution in [0.1, 0.15) is 64.3 Å². The second-order valence-electron chi connectivity index (χ2n) is 16.7. The van der Waals surface area contributed by atoms with Gasteiger partial charge in [0.2, 0.25) is 17.7 Å². The highest BCUT2D eigenvalue weighted by Crippen LogP contribution is 2.34. The number of para-hydroxylation sites is 1. The molecule has 0 saturated carbocycles. The van der Waals surface area contributed by atoms with Gasteiger partial charge in [-0.3, -0.25) is 14.4 Å². The molecule has 2 aliphatic heterocycles. The number of phenols is 1. The summed E-state index contributed by atoms with van der Waals surface area (Å²) in [6, 6.07) is 22.6. The van der Waals surface area contributed by atoms with Crippen LogP contribution >= 0.6 is 11.3 Å². The first-order valence-electron chi connectivity index (χ1n) is 20.0. The molecule has 2 fully saturated rings. The van der Waals surface area contributed by atoms with Crippen LogP contribution in [0.5, 0.6) is 5.75 Å². The number of aliphatic hydroxyl groups is 1. The van der Waals surface area contributed by atoms with E-state index in [1.807, 2.05) is 101 Å². The number of rotatable bonds is 10. The van der Waals surface area contributed by atoms with Gasteiger partial charge < -0.3 is 36.4 Å². The van der Waals surface area contributed by atoms with E-state index < -0.39 is 23.6 Å². The van der Waals surface area contributed by atoms with Crippen LogP contribution in [0.4, 0.5) is 11.5 Å². The molecule has 59 heavy (non-hydrogen) atoms. The number of benzene rings is 3. The first kappa shape index (κ1) is 41.3. The van der Waals surface area contributed by atoms with E-state index in [-0.39, 0.29) is 54.2 Å². The minimum absolute atomic E-state index is 0.00979. The maximum atomic E-state index is 14.3. The Morgan fingerprint density at radius 3 is 2.22 bits per heavy atom. The monoisotopic (exact) mass is 816 g/mol. The fourth-order valence-corrected chi connectivity index (χ4v) is 8.79. The summed E-state index contributed by atoms with van der Waals surface area (Å²) < 4.78 is 0. The van der Waals surface area contributed by atoms with Crippen LogP contribution in [0.3, 0.4) is 0 Å². The second-order valence-corrected chi connectivity index (χ2v) is 17.5. The molecule has 2 saturated heterocycles. The maximum absolute atomic E-state index is 14.3. The summed E-state index contributed by atoms with van der Waals surface area (Å²) in [5.74, 6) is -0.825. The molecule has 6 N–H and O–H groups in total. The number of aromatic hydroxyl groups is 1. The van der Waals surface area contributed by atoms with E-state index in [2.05, 4.69) is 30.7 Å². The zero-order valence-electron chi connectivity index (χ0n) is 34.1. The third kappa shape index (κ3) is 9.08. The summed E-state index contributed by atoms with van der Waals surface area (Å²) in [5.41, 5.74) is 14.0. The molecule has 7 rings (SSSR count). The van der Waals surface area contributed by atoms with Crippen LogP contribution in [-0.4, -0.2) is 85.8 Å². The van der Waals surface area contributed by atoms with Crippen molar-refractivity contribution >= 4 is 40.6 Å². The van der Waals surface area contributed by atoms with Crippen LogP contribution in [-0.2, 0) is 14.4 Å². The molecule has 3 amide bonds. The predicted octanol–water partition coefficient (Wildman–Crippen LogP) is 6.12. The topological polar surface area (TPSA) is 187 Å². The molecule has 0 aliphatic carbocycles. The van der Waals surface area contributed by atoms with E-state index in [4.69, 9.17) is 5.73 Å². The van der Waals surface area contributed by atoms with Crippen molar-refractivity contribution in [2.45, 2.75) is 78.1 Å². The van der Waals surface area contributed by atoms with Gasteiger partial charge in [0.25, 0.3) is 0 Å². The Kier molecular flexibility index (Phi) is 12.0. The summed E-state index contributed by atoms with van der Waals surface area (Å²) in [5, 5.41) is 35.5. The van der Waals surface area contributed by atoms with Gasteiger partial charge in [0, 0.05) is 48.8 Å². The van der Waals surface area contributed by atoms with Crippen molar-refractivity contribution in [1.82, 2.24) is 30.7 Å². The number of nitrogens with one attached hydrogen (secondary N) is 2. The van der Waals surface area contributed by atoms with E-state index in [0.29, 0.717) is 42.8 Å². The Morgan fingerprint density at radius 1 is 0.898 bits per heavy atom.